The number of esters is 1. The average molecular weight is 351 g/mol. The number of rotatable bonds is 8. The van der Waals surface area contributed by atoms with Crippen LogP contribution >= 0.6 is 0 Å². The molecular weight excluding hydrogens is 318 g/mol. The third-order valence-corrected chi connectivity index (χ3v) is 5.41. The van der Waals surface area contributed by atoms with Crippen LogP contribution in [0.15, 0.2) is 6.07 Å². The van der Waals surface area contributed by atoms with Crippen LogP contribution in [0.25, 0.3) is 0 Å². The van der Waals surface area contributed by atoms with E-state index in [2.05, 4.69) is 34.6 Å². The van der Waals surface area contributed by atoms with Gasteiger partial charge in [-0.15, -0.1) is 0 Å². The molecule has 0 spiro atoms. The van der Waals surface area contributed by atoms with Crippen molar-refractivity contribution in [2.75, 3.05) is 33.4 Å². The molecule has 0 aromatic carbocycles. The number of methoxy groups -OCH3 is 1. The van der Waals surface area contributed by atoms with Gasteiger partial charge in [0, 0.05) is 25.5 Å². The summed E-state index contributed by atoms with van der Waals surface area (Å²) in [5, 5.41) is 4.57. The van der Waals surface area contributed by atoms with Crippen LogP contribution in [0.4, 0.5) is 0 Å². The van der Waals surface area contributed by atoms with Gasteiger partial charge in [0.25, 0.3) is 0 Å². The number of nitrogens with zero attached hydrogens (tertiary/aromatic N) is 3. The Morgan fingerprint density at radius 2 is 2.04 bits per heavy atom. The normalized spacial score (nSPS) is 18.9. The zero-order chi connectivity index (χ0) is 18.4. The van der Waals surface area contributed by atoms with Crippen LogP contribution in [0.2, 0.25) is 0 Å². The van der Waals surface area contributed by atoms with Gasteiger partial charge in [0.05, 0.1) is 24.3 Å². The molecule has 1 aromatic rings. The van der Waals surface area contributed by atoms with Gasteiger partial charge in [0.2, 0.25) is 0 Å². The standard InChI is InChI=1S/C19H33N3O3/c1-6-25-18(23)19(9-12-24-5)7-10-21(11-8-19)17(4)14-22-16(3)13-15(2)20-22/h13,17H,6-12,14H2,1-5H3/t17-/m1/s1. The molecule has 1 fully saturated rings. The Bertz CT molecular complexity index is 562. The SMILES string of the molecule is CCOC(=O)C1(CCOC)CCN([C@H](C)Cn2nc(C)cc2C)CC1. The summed E-state index contributed by atoms with van der Waals surface area (Å²) in [5.41, 5.74) is 1.87. The number of likely N-dealkylation sites (tertiary alicyclic amines) is 1. The first-order chi connectivity index (χ1) is 11.9. The summed E-state index contributed by atoms with van der Waals surface area (Å²) in [6.07, 6.45) is 2.40. The van der Waals surface area contributed by atoms with Gasteiger partial charge in [-0.2, -0.15) is 5.10 Å². The monoisotopic (exact) mass is 351 g/mol. The second-order valence-corrected chi connectivity index (χ2v) is 7.24. The van der Waals surface area contributed by atoms with Crippen molar-refractivity contribution >= 4 is 5.97 Å². The number of piperidine rings is 1. The minimum Gasteiger partial charge on any atom is -0.466 e. The molecule has 25 heavy (non-hydrogen) atoms. The van der Waals surface area contributed by atoms with Crippen molar-refractivity contribution in [1.82, 2.24) is 14.7 Å². The fourth-order valence-electron chi connectivity index (χ4n) is 3.76. The van der Waals surface area contributed by atoms with E-state index in [1.165, 1.54) is 5.69 Å². The maximum absolute atomic E-state index is 12.5. The van der Waals surface area contributed by atoms with Gasteiger partial charge in [0.1, 0.15) is 0 Å². The molecule has 1 aliphatic heterocycles. The van der Waals surface area contributed by atoms with E-state index in [0.29, 0.717) is 19.3 Å². The van der Waals surface area contributed by atoms with Crippen LogP contribution in [-0.2, 0) is 20.8 Å². The molecule has 6 nitrogen and oxygen atoms in total. The van der Waals surface area contributed by atoms with E-state index >= 15 is 0 Å². The number of carbonyl (C=O) groups is 1. The van der Waals surface area contributed by atoms with Crippen molar-refractivity contribution in [2.45, 2.75) is 59.5 Å². The van der Waals surface area contributed by atoms with E-state index in [1.54, 1.807) is 7.11 Å². The predicted molar refractivity (Wildman–Crippen MR) is 97.5 cm³/mol. The highest BCUT2D eigenvalue weighted by atomic mass is 16.5. The van der Waals surface area contributed by atoms with E-state index in [0.717, 1.165) is 44.6 Å². The highest BCUT2D eigenvalue weighted by Gasteiger charge is 2.43. The van der Waals surface area contributed by atoms with Crippen LogP contribution in [0.1, 0.15) is 44.5 Å². The first-order valence-corrected chi connectivity index (χ1v) is 9.33. The van der Waals surface area contributed by atoms with Gasteiger partial charge in [-0.05, 0) is 66.1 Å². The number of carbonyl (C=O) groups excluding carboxylic acids is 1. The molecule has 142 valence electrons. The fraction of sp³-hybridized carbons (Fsp3) is 0.789. The van der Waals surface area contributed by atoms with Crippen molar-refractivity contribution in [3.63, 3.8) is 0 Å². The summed E-state index contributed by atoms with van der Waals surface area (Å²) in [7, 11) is 1.68. The van der Waals surface area contributed by atoms with Gasteiger partial charge in [-0.3, -0.25) is 14.4 Å². The lowest BCUT2D eigenvalue weighted by molar-refractivity contribution is -0.160. The predicted octanol–water partition coefficient (Wildman–Crippen LogP) is 2.57. The molecule has 1 aliphatic rings. The Morgan fingerprint density at radius 1 is 1.36 bits per heavy atom. The van der Waals surface area contributed by atoms with Crippen molar-refractivity contribution in [2.24, 2.45) is 5.41 Å². The minimum absolute atomic E-state index is 0.0575. The Morgan fingerprint density at radius 3 is 2.56 bits per heavy atom. The fourth-order valence-corrected chi connectivity index (χ4v) is 3.76. The Kier molecular flexibility index (Phi) is 7.02. The molecule has 0 amide bonds. The zero-order valence-corrected chi connectivity index (χ0v) is 16.4. The van der Waals surface area contributed by atoms with Gasteiger partial charge < -0.3 is 9.47 Å². The molecule has 2 rings (SSSR count). The summed E-state index contributed by atoms with van der Waals surface area (Å²) < 4.78 is 12.7. The van der Waals surface area contributed by atoms with Gasteiger partial charge in [-0.1, -0.05) is 0 Å². The van der Waals surface area contributed by atoms with E-state index in [1.807, 2.05) is 13.8 Å². The first kappa shape index (κ1) is 19.9. The lowest BCUT2D eigenvalue weighted by atomic mass is 9.75. The summed E-state index contributed by atoms with van der Waals surface area (Å²) >= 11 is 0. The summed E-state index contributed by atoms with van der Waals surface area (Å²) in [6, 6.07) is 2.50. The first-order valence-electron chi connectivity index (χ1n) is 9.33. The van der Waals surface area contributed by atoms with Crippen LogP contribution in [0, 0.1) is 19.3 Å². The largest absolute Gasteiger partial charge is 0.466 e. The Labute approximate surface area is 151 Å². The highest BCUT2D eigenvalue weighted by Crippen LogP contribution is 2.37. The number of hydrogen-bond acceptors (Lipinski definition) is 5. The van der Waals surface area contributed by atoms with Gasteiger partial charge in [0.15, 0.2) is 0 Å². The molecule has 0 N–H and O–H groups in total. The van der Waals surface area contributed by atoms with Crippen molar-refractivity contribution in [3.8, 4) is 0 Å². The van der Waals surface area contributed by atoms with E-state index < -0.39 is 0 Å². The third kappa shape index (κ3) is 4.82. The highest BCUT2D eigenvalue weighted by molar-refractivity contribution is 5.77. The number of hydrogen-bond donors (Lipinski definition) is 0. The maximum atomic E-state index is 12.5. The number of ether oxygens (including phenoxy) is 2. The lowest BCUT2D eigenvalue weighted by Gasteiger charge is -2.42. The molecule has 0 unspecified atom stereocenters. The van der Waals surface area contributed by atoms with Crippen molar-refractivity contribution in [1.29, 1.82) is 0 Å². The summed E-state index contributed by atoms with van der Waals surface area (Å²) in [6.45, 7) is 12.0. The van der Waals surface area contributed by atoms with E-state index in [9.17, 15) is 4.79 Å². The van der Waals surface area contributed by atoms with Crippen LogP contribution in [0.5, 0.6) is 0 Å². The number of aryl methyl sites for hydroxylation is 2. The summed E-state index contributed by atoms with van der Waals surface area (Å²) in [4.78, 5) is 15.0. The van der Waals surface area contributed by atoms with Crippen molar-refractivity contribution < 1.29 is 14.3 Å². The van der Waals surface area contributed by atoms with Crippen LogP contribution in [-0.4, -0.2) is 60.1 Å². The smallest absolute Gasteiger partial charge is 0.312 e. The van der Waals surface area contributed by atoms with E-state index in [-0.39, 0.29) is 11.4 Å². The zero-order valence-electron chi connectivity index (χ0n) is 16.4. The van der Waals surface area contributed by atoms with Crippen LogP contribution in [0.3, 0.4) is 0 Å². The van der Waals surface area contributed by atoms with Crippen molar-refractivity contribution in [3.05, 3.63) is 17.5 Å². The molecule has 1 atom stereocenters. The molecule has 0 bridgehead atoms. The van der Waals surface area contributed by atoms with Crippen LogP contribution < -0.4 is 0 Å². The van der Waals surface area contributed by atoms with E-state index in [4.69, 9.17) is 9.47 Å². The van der Waals surface area contributed by atoms with Gasteiger partial charge in [-0.25, -0.2) is 0 Å². The quantitative estimate of drug-likeness (QED) is 0.674. The Hall–Kier alpha value is -1.40. The number of aromatic nitrogens is 2. The minimum atomic E-state index is -0.388. The maximum Gasteiger partial charge on any atom is 0.312 e. The molecule has 0 aliphatic carbocycles. The average Bonchev–Trinajstić information content (AvgIpc) is 2.90. The second-order valence-electron chi connectivity index (χ2n) is 7.24. The topological polar surface area (TPSA) is 56.6 Å². The molecule has 1 saturated heterocycles. The molecule has 6 heteroatoms. The van der Waals surface area contributed by atoms with Gasteiger partial charge >= 0.3 is 5.97 Å². The molecule has 1 aromatic heterocycles. The third-order valence-electron chi connectivity index (χ3n) is 5.41. The second kappa shape index (κ2) is 8.81. The molecule has 2 heterocycles. The molecule has 0 saturated carbocycles. The Balaban J connectivity index is 1.97. The molecular formula is C19H33N3O3. The summed E-state index contributed by atoms with van der Waals surface area (Å²) in [5.74, 6) is -0.0575. The molecule has 0 radical (unpaired) electrons. The lowest BCUT2D eigenvalue weighted by Crippen LogP contribution is -2.49.